The van der Waals surface area contributed by atoms with Crippen LogP contribution in [0, 0.1) is 0 Å². The zero-order chi connectivity index (χ0) is 14.5. The molecule has 7 nitrogen and oxygen atoms in total. The molecule has 0 unspecified atom stereocenters. The zero-order valence-corrected chi connectivity index (χ0v) is 11.8. The summed E-state index contributed by atoms with van der Waals surface area (Å²) in [6.45, 7) is 2.27. The van der Waals surface area contributed by atoms with Crippen molar-refractivity contribution in [2.45, 2.75) is 6.92 Å². The van der Waals surface area contributed by atoms with Crippen LogP contribution in [0.4, 0.5) is 17.6 Å². The molecule has 1 aromatic heterocycles. The van der Waals surface area contributed by atoms with E-state index >= 15 is 0 Å². The second-order valence-corrected chi connectivity index (χ2v) is 4.11. The van der Waals surface area contributed by atoms with E-state index in [-0.39, 0.29) is 17.9 Å². The summed E-state index contributed by atoms with van der Waals surface area (Å²) in [5.74, 6) is 0.940. The predicted octanol–water partition coefficient (Wildman–Crippen LogP) is 2.26. The van der Waals surface area contributed by atoms with Crippen LogP contribution in [-0.2, 0) is 0 Å². The maximum Gasteiger partial charge on any atom is 0.323 e. The highest BCUT2D eigenvalue weighted by molar-refractivity contribution is 6.32. The third-order valence-electron chi connectivity index (χ3n) is 2.31. The Bertz CT molecular complexity index is 608. The standard InChI is InChI=1S/C12H14ClN5O2/c1-3-20-12-17-10(14)16-11(18-12)15-7-4-5-9(19-2)8(13)6-7/h4-6H,3H2,1-2H3,(H3,14,15,16,17,18). The molecule has 0 atom stereocenters. The van der Waals surface area contributed by atoms with Gasteiger partial charge in [-0.3, -0.25) is 0 Å². The number of nitrogens with zero attached hydrogens (tertiary/aromatic N) is 3. The fourth-order valence-corrected chi connectivity index (χ4v) is 1.75. The summed E-state index contributed by atoms with van der Waals surface area (Å²) >= 11 is 6.04. The Kier molecular flexibility index (Phi) is 4.41. The number of hydrogen-bond donors (Lipinski definition) is 2. The Morgan fingerprint density at radius 3 is 2.75 bits per heavy atom. The molecule has 0 saturated heterocycles. The molecule has 0 aliphatic rings. The third kappa shape index (κ3) is 3.39. The van der Waals surface area contributed by atoms with Crippen molar-refractivity contribution in [1.29, 1.82) is 0 Å². The van der Waals surface area contributed by atoms with E-state index in [1.165, 1.54) is 0 Å². The van der Waals surface area contributed by atoms with Gasteiger partial charge in [-0.2, -0.15) is 15.0 Å². The van der Waals surface area contributed by atoms with Crippen LogP contribution in [0.25, 0.3) is 0 Å². The molecule has 1 aromatic carbocycles. The molecule has 0 aliphatic heterocycles. The molecule has 2 rings (SSSR count). The van der Waals surface area contributed by atoms with E-state index in [9.17, 15) is 0 Å². The fraction of sp³-hybridized carbons (Fsp3) is 0.250. The van der Waals surface area contributed by atoms with Gasteiger partial charge < -0.3 is 20.5 Å². The molecule has 0 radical (unpaired) electrons. The van der Waals surface area contributed by atoms with Gasteiger partial charge in [-0.1, -0.05) is 11.6 Å². The van der Waals surface area contributed by atoms with Crippen molar-refractivity contribution < 1.29 is 9.47 Å². The van der Waals surface area contributed by atoms with Crippen LogP contribution >= 0.6 is 11.6 Å². The van der Waals surface area contributed by atoms with Gasteiger partial charge in [-0.15, -0.1) is 0 Å². The van der Waals surface area contributed by atoms with E-state index in [1.807, 2.05) is 6.92 Å². The van der Waals surface area contributed by atoms with Gasteiger partial charge >= 0.3 is 6.01 Å². The summed E-state index contributed by atoms with van der Waals surface area (Å²) in [5, 5.41) is 3.45. The van der Waals surface area contributed by atoms with Crippen molar-refractivity contribution in [1.82, 2.24) is 15.0 Å². The van der Waals surface area contributed by atoms with Crippen molar-refractivity contribution in [2.24, 2.45) is 0 Å². The first-order valence-electron chi connectivity index (χ1n) is 5.87. The van der Waals surface area contributed by atoms with E-state index in [4.69, 9.17) is 26.8 Å². The van der Waals surface area contributed by atoms with Crippen LogP contribution in [0.5, 0.6) is 11.8 Å². The highest BCUT2D eigenvalue weighted by Gasteiger charge is 2.07. The Hall–Kier alpha value is -2.28. The minimum atomic E-state index is 0.0746. The average molecular weight is 296 g/mol. The lowest BCUT2D eigenvalue weighted by atomic mass is 10.3. The lowest BCUT2D eigenvalue weighted by Gasteiger charge is -2.09. The van der Waals surface area contributed by atoms with Crippen LogP contribution in [0.15, 0.2) is 18.2 Å². The van der Waals surface area contributed by atoms with Crippen molar-refractivity contribution in [3.8, 4) is 11.8 Å². The first-order chi connectivity index (χ1) is 9.62. The van der Waals surface area contributed by atoms with E-state index in [1.54, 1.807) is 25.3 Å². The Labute approximate surface area is 121 Å². The number of methoxy groups -OCH3 is 1. The van der Waals surface area contributed by atoms with Crippen LogP contribution in [0.2, 0.25) is 5.02 Å². The smallest absolute Gasteiger partial charge is 0.323 e. The van der Waals surface area contributed by atoms with Gasteiger partial charge in [0, 0.05) is 5.69 Å². The van der Waals surface area contributed by atoms with Gasteiger partial charge in [0.15, 0.2) is 0 Å². The summed E-state index contributed by atoms with van der Waals surface area (Å²) in [5.41, 5.74) is 6.29. The monoisotopic (exact) mass is 295 g/mol. The molecule has 2 aromatic rings. The minimum absolute atomic E-state index is 0.0746. The molecule has 0 fully saturated rings. The van der Waals surface area contributed by atoms with Crippen LogP contribution in [-0.4, -0.2) is 28.7 Å². The first-order valence-corrected chi connectivity index (χ1v) is 6.25. The lowest BCUT2D eigenvalue weighted by Crippen LogP contribution is -2.06. The van der Waals surface area contributed by atoms with Crippen LogP contribution in [0.3, 0.4) is 0 Å². The largest absolute Gasteiger partial charge is 0.495 e. The number of aromatic nitrogens is 3. The summed E-state index contributed by atoms with van der Waals surface area (Å²) in [4.78, 5) is 11.9. The van der Waals surface area contributed by atoms with Crippen LogP contribution < -0.4 is 20.5 Å². The molecule has 20 heavy (non-hydrogen) atoms. The van der Waals surface area contributed by atoms with Crippen molar-refractivity contribution in [3.63, 3.8) is 0 Å². The van der Waals surface area contributed by atoms with Crippen molar-refractivity contribution >= 4 is 29.2 Å². The summed E-state index contributed by atoms with van der Waals surface area (Å²) in [6.07, 6.45) is 0. The van der Waals surface area contributed by atoms with Gasteiger partial charge in [0.05, 0.1) is 18.7 Å². The van der Waals surface area contributed by atoms with Gasteiger partial charge in [-0.25, -0.2) is 0 Å². The average Bonchev–Trinajstić information content (AvgIpc) is 2.38. The topological polar surface area (TPSA) is 95.2 Å². The number of nitrogen functional groups attached to an aromatic ring is 1. The molecule has 8 heteroatoms. The second kappa shape index (κ2) is 6.25. The quantitative estimate of drug-likeness (QED) is 0.873. The number of rotatable bonds is 5. The molecule has 3 N–H and O–H groups in total. The number of nitrogens with two attached hydrogens (primary N) is 1. The molecular formula is C12H14ClN5O2. The Balaban J connectivity index is 2.23. The molecule has 106 valence electrons. The summed E-state index contributed by atoms with van der Waals surface area (Å²) in [7, 11) is 1.55. The zero-order valence-electron chi connectivity index (χ0n) is 11.1. The molecule has 0 bridgehead atoms. The van der Waals surface area contributed by atoms with Gasteiger partial charge in [-0.05, 0) is 25.1 Å². The molecule has 0 amide bonds. The number of nitrogens with one attached hydrogen (secondary N) is 1. The van der Waals surface area contributed by atoms with Crippen molar-refractivity contribution in [2.75, 3.05) is 24.8 Å². The van der Waals surface area contributed by atoms with E-state index in [2.05, 4.69) is 20.3 Å². The van der Waals surface area contributed by atoms with E-state index < -0.39 is 0 Å². The SMILES string of the molecule is CCOc1nc(N)nc(Nc2ccc(OC)c(Cl)c2)n1. The summed E-state index contributed by atoms with van der Waals surface area (Å²) in [6, 6.07) is 5.38. The molecule has 1 heterocycles. The lowest BCUT2D eigenvalue weighted by molar-refractivity contribution is 0.312. The second-order valence-electron chi connectivity index (χ2n) is 3.71. The Morgan fingerprint density at radius 2 is 2.10 bits per heavy atom. The number of benzene rings is 1. The normalized spacial score (nSPS) is 10.2. The van der Waals surface area contributed by atoms with Crippen LogP contribution in [0.1, 0.15) is 6.92 Å². The van der Waals surface area contributed by atoms with E-state index in [0.717, 1.165) is 0 Å². The fourth-order valence-electron chi connectivity index (χ4n) is 1.49. The van der Waals surface area contributed by atoms with Gasteiger partial charge in [0.2, 0.25) is 11.9 Å². The van der Waals surface area contributed by atoms with Gasteiger partial charge in [0.25, 0.3) is 0 Å². The Morgan fingerprint density at radius 1 is 1.30 bits per heavy atom. The molecular weight excluding hydrogens is 282 g/mol. The minimum Gasteiger partial charge on any atom is -0.495 e. The third-order valence-corrected chi connectivity index (χ3v) is 2.61. The number of halogens is 1. The first kappa shape index (κ1) is 14.1. The van der Waals surface area contributed by atoms with E-state index in [0.29, 0.717) is 23.1 Å². The maximum absolute atomic E-state index is 6.04. The molecule has 0 saturated carbocycles. The number of anilines is 3. The highest BCUT2D eigenvalue weighted by Crippen LogP contribution is 2.28. The molecule has 0 spiro atoms. The summed E-state index contributed by atoms with van der Waals surface area (Å²) < 4.78 is 10.3. The number of ether oxygens (including phenoxy) is 2. The molecule has 0 aliphatic carbocycles. The highest BCUT2D eigenvalue weighted by atomic mass is 35.5. The maximum atomic E-state index is 6.04. The predicted molar refractivity (Wildman–Crippen MR) is 76.7 cm³/mol. The number of hydrogen-bond acceptors (Lipinski definition) is 7. The van der Waals surface area contributed by atoms with Gasteiger partial charge in [0.1, 0.15) is 5.75 Å². The van der Waals surface area contributed by atoms with Crippen molar-refractivity contribution in [3.05, 3.63) is 23.2 Å².